The van der Waals surface area contributed by atoms with Crippen LogP contribution in [0.1, 0.15) is 17.5 Å². The first kappa shape index (κ1) is 25.2. The molecule has 0 radical (unpaired) electrons. The smallest absolute Gasteiger partial charge is 0.155 e. The van der Waals surface area contributed by atoms with Crippen LogP contribution in [0.4, 0.5) is 4.39 Å². The summed E-state index contributed by atoms with van der Waals surface area (Å²) in [5, 5.41) is 5.90. The lowest BCUT2D eigenvalue weighted by atomic mass is 9.70. The lowest BCUT2D eigenvalue weighted by Gasteiger charge is -2.41. The van der Waals surface area contributed by atoms with Gasteiger partial charge in [-0.2, -0.15) is 5.10 Å². The van der Waals surface area contributed by atoms with Gasteiger partial charge in [0.2, 0.25) is 0 Å². The normalized spacial score (nSPS) is 15.0. The van der Waals surface area contributed by atoms with Gasteiger partial charge in [-0.25, -0.2) is 9.37 Å². The molecule has 3 aromatic carbocycles. The summed E-state index contributed by atoms with van der Waals surface area (Å²) in [5.41, 5.74) is 5.61. The minimum absolute atomic E-state index is 0.0748. The van der Waals surface area contributed by atoms with Gasteiger partial charge < -0.3 is 4.40 Å². The Morgan fingerprint density at radius 1 is 0.829 bits per heavy atom. The van der Waals surface area contributed by atoms with Gasteiger partial charge in [-0.1, -0.05) is 96.6 Å². The second-order valence-electron chi connectivity index (χ2n) is 10.2. The fraction of sp³-hybridized carbons (Fsp3) is 0.0857. The Morgan fingerprint density at radius 3 is 2.20 bits per heavy atom. The molecule has 0 saturated carbocycles. The van der Waals surface area contributed by atoms with E-state index in [2.05, 4.69) is 88.7 Å². The number of hydrogen-bond donors (Lipinski definition) is 0. The first-order chi connectivity index (χ1) is 20.1. The zero-order chi connectivity index (χ0) is 27.8. The number of allylic oxidation sites excluding steroid dienone is 4. The minimum Gasteiger partial charge on any atom is -0.305 e. The number of imidazole rings is 1. The van der Waals surface area contributed by atoms with Gasteiger partial charge in [-0.05, 0) is 47.9 Å². The van der Waals surface area contributed by atoms with Gasteiger partial charge in [0.1, 0.15) is 17.1 Å². The average Bonchev–Trinajstić information content (AvgIpc) is 3.68. The first-order valence-corrected chi connectivity index (χ1v) is 14.0. The Kier molecular flexibility index (Phi) is 6.37. The van der Waals surface area contributed by atoms with E-state index in [1.807, 2.05) is 35.0 Å². The van der Waals surface area contributed by atoms with Gasteiger partial charge in [-0.3, -0.25) is 4.68 Å². The van der Waals surface area contributed by atoms with Crippen LogP contribution >= 0.6 is 11.6 Å². The van der Waals surface area contributed by atoms with Crippen LogP contribution in [-0.4, -0.2) is 19.2 Å². The van der Waals surface area contributed by atoms with E-state index in [0.29, 0.717) is 10.7 Å². The fourth-order valence-electron chi connectivity index (χ4n) is 6.03. The van der Waals surface area contributed by atoms with Gasteiger partial charge >= 0.3 is 0 Å². The summed E-state index contributed by atoms with van der Waals surface area (Å²) >= 11 is 6.71. The van der Waals surface area contributed by atoms with Crippen molar-refractivity contribution in [3.8, 4) is 22.4 Å². The molecular formula is C35H26ClFN4. The standard InChI is InChI=1S/C35H26ClFN4/c36-32-22-26(23-40-21-20-38-34(32)40)31-24-41(39-33(31)25-16-18-30(37)19-17-25)35(27-10-4-1-5-11-27,28-12-6-2-7-13-28)29-14-8-3-9-15-29/h1-14,16-24,29H,15H2. The van der Waals surface area contributed by atoms with E-state index < -0.39 is 5.54 Å². The number of pyridine rings is 1. The number of aromatic nitrogens is 4. The molecule has 6 aromatic rings. The van der Waals surface area contributed by atoms with E-state index in [0.717, 1.165) is 39.9 Å². The molecule has 0 amide bonds. The highest BCUT2D eigenvalue weighted by Gasteiger charge is 2.44. The minimum atomic E-state index is -0.667. The molecule has 0 bridgehead atoms. The summed E-state index contributed by atoms with van der Waals surface area (Å²) in [6, 6.07) is 29.5. The van der Waals surface area contributed by atoms with Crippen LogP contribution in [0.15, 0.2) is 140 Å². The molecule has 41 heavy (non-hydrogen) atoms. The average molecular weight is 557 g/mol. The lowest BCUT2D eigenvalue weighted by Crippen LogP contribution is -2.43. The van der Waals surface area contributed by atoms with Gasteiger partial charge in [0.15, 0.2) is 5.65 Å². The molecule has 6 heteroatoms. The Bertz CT molecular complexity index is 1850. The van der Waals surface area contributed by atoms with Crippen molar-refractivity contribution >= 4 is 17.2 Å². The quantitative estimate of drug-likeness (QED) is 0.206. The van der Waals surface area contributed by atoms with Gasteiger partial charge in [0.25, 0.3) is 0 Å². The summed E-state index contributed by atoms with van der Waals surface area (Å²) in [6.07, 6.45) is 17.3. The predicted molar refractivity (Wildman–Crippen MR) is 162 cm³/mol. The maximum Gasteiger partial charge on any atom is 0.155 e. The third-order valence-corrected chi connectivity index (χ3v) is 8.17. The van der Waals surface area contributed by atoms with Crippen LogP contribution in [0.2, 0.25) is 5.02 Å². The van der Waals surface area contributed by atoms with Crippen LogP contribution in [0.5, 0.6) is 0 Å². The Morgan fingerprint density at radius 2 is 1.54 bits per heavy atom. The molecule has 3 heterocycles. The van der Waals surface area contributed by atoms with Gasteiger partial charge in [0.05, 0.1) is 5.02 Å². The Hall–Kier alpha value is -4.74. The third kappa shape index (κ3) is 4.30. The first-order valence-electron chi connectivity index (χ1n) is 13.6. The molecule has 1 aliphatic rings. The zero-order valence-corrected chi connectivity index (χ0v) is 22.9. The molecule has 200 valence electrons. The maximum atomic E-state index is 14.0. The second kappa shape index (κ2) is 10.3. The molecule has 0 aliphatic heterocycles. The van der Waals surface area contributed by atoms with Gasteiger partial charge in [-0.15, -0.1) is 0 Å². The summed E-state index contributed by atoms with van der Waals surface area (Å²) in [6.45, 7) is 0. The Labute approximate surface area is 242 Å². The van der Waals surface area contributed by atoms with Crippen LogP contribution in [0.25, 0.3) is 28.0 Å². The SMILES string of the molecule is Fc1ccc(-c2nn(C(c3ccccc3)(c3ccccc3)C3C=CC=CC3)cc2-c2cc(Cl)c3nccn3c2)cc1. The lowest BCUT2D eigenvalue weighted by molar-refractivity contribution is 0.293. The topological polar surface area (TPSA) is 35.1 Å². The number of halogens is 2. The molecule has 1 atom stereocenters. The van der Waals surface area contributed by atoms with E-state index in [1.54, 1.807) is 18.3 Å². The molecule has 0 N–H and O–H groups in total. The highest BCUT2D eigenvalue weighted by Crippen LogP contribution is 2.46. The van der Waals surface area contributed by atoms with Crippen molar-refractivity contribution in [2.24, 2.45) is 5.92 Å². The van der Waals surface area contributed by atoms with E-state index >= 15 is 0 Å². The number of rotatable bonds is 6. The van der Waals surface area contributed by atoms with E-state index in [-0.39, 0.29) is 11.7 Å². The van der Waals surface area contributed by atoms with E-state index in [1.165, 1.54) is 12.1 Å². The van der Waals surface area contributed by atoms with E-state index in [4.69, 9.17) is 16.7 Å². The summed E-state index contributed by atoms with van der Waals surface area (Å²) in [5.74, 6) is -0.217. The predicted octanol–water partition coefficient (Wildman–Crippen LogP) is 8.58. The fourth-order valence-corrected chi connectivity index (χ4v) is 6.29. The molecule has 3 aromatic heterocycles. The number of fused-ring (bicyclic) bond motifs is 1. The van der Waals surface area contributed by atoms with Crippen molar-refractivity contribution in [3.05, 3.63) is 162 Å². The molecule has 1 unspecified atom stereocenters. The van der Waals surface area contributed by atoms with Crippen molar-refractivity contribution in [2.75, 3.05) is 0 Å². The van der Waals surface area contributed by atoms with Crippen molar-refractivity contribution in [2.45, 2.75) is 12.0 Å². The molecule has 0 spiro atoms. The molecular weight excluding hydrogens is 531 g/mol. The number of nitrogens with zero attached hydrogens (tertiary/aromatic N) is 4. The second-order valence-corrected chi connectivity index (χ2v) is 10.6. The highest BCUT2D eigenvalue weighted by atomic mass is 35.5. The third-order valence-electron chi connectivity index (χ3n) is 7.89. The van der Waals surface area contributed by atoms with Crippen LogP contribution < -0.4 is 0 Å². The summed E-state index contributed by atoms with van der Waals surface area (Å²) in [4.78, 5) is 4.38. The summed E-state index contributed by atoms with van der Waals surface area (Å²) < 4.78 is 18.0. The largest absolute Gasteiger partial charge is 0.305 e. The number of benzene rings is 3. The molecule has 4 nitrogen and oxygen atoms in total. The molecule has 7 rings (SSSR count). The van der Waals surface area contributed by atoms with E-state index in [9.17, 15) is 4.39 Å². The van der Waals surface area contributed by atoms with Crippen molar-refractivity contribution in [1.82, 2.24) is 19.2 Å². The van der Waals surface area contributed by atoms with Crippen molar-refractivity contribution in [1.29, 1.82) is 0 Å². The Balaban J connectivity index is 1.56. The van der Waals surface area contributed by atoms with Crippen molar-refractivity contribution < 1.29 is 4.39 Å². The molecule has 1 aliphatic carbocycles. The monoisotopic (exact) mass is 556 g/mol. The zero-order valence-electron chi connectivity index (χ0n) is 22.1. The molecule has 0 saturated heterocycles. The van der Waals surface area contributed by atoms with Crippen molar-refractivity contribution in [3.63, 3.8) is 0 Å². The highest BCUT2D eigenvalue weighted by molar-refractivity contribution is 6.33. The molecule has 0 fully saturated rings. The van der Waals surface area contributed by atoms with Crippen LogP contribution in [-0.2, 0) is 5.54 Å². The van der Waals surface area contributed by atoms with Gasteiger partial charge in [0, 0.05) is 47.4 Å². The maximum absolute atomic E-state index is 14.0. The van der Waals surface area contributed by atoms with Crippen LogP contribution in [0, 0.1) is 11.7 Å². The summed E-state index contributed by atoms with van der Waals surface area (Å²) in [7, 11) is 0. The number of hydrogen-bond acceptors (Lipinski definition) is 2. The van der Waals surface area contributed by atoms with Crippen LogP contribution in [0.3, 0.4) is 0 Å².